The standard InChI is InChI=1S/C19H16ClFN2O2S/c1-25-17-7-4-13(20)10-16(17)18(24)22-9-8-15-11-26-19(23-15)12-2-5-14(21)6-3-12/h2-7,10-11H,8-9H2,1H3,(H,22,24). The summed E-state index contributed by atoms with van der Waals surface area (Å²) in [5.74, 6) is -0.0535. The fourth-order valence-electron chi connectivity index (χ4n) is 2.40. The lowest BCUT2D eigenvalue weighted by molar-refractivity contribution is 0.0951. The van der Waals surface area contributed by atoms with E-state index in [0.29, 0.717) is 29.3 Å². The first-order chi connectivity index (χ1) is 12.6. The minimum absolute atomic E-state index is 0.252. The first-order valence-electron chi connectivity index (χ1n) is 7.89. The zero-order valence-corrected chi connectivity index (χ0v) is 15.5. The molecule has 0 atom stereocenters. The van der Waals surface area contributed by atoms with Gasteiger partial charge in [-0.1, -0.05) is 11.6 Å². The Labute approximate surface area is 159 Å². The van der Waals surface area contributed by atoms with Gasteiger partial charge in [-0.2, -0.15) is 0 Å². The summed E-state index contributed by atoms with van der Waals surface area (Å²) in [6.07, 6.45) is 0.590. The van der Waals surface area contributed by atoms with Crippen molar-refractivity contribution in [3.63, 3.8) is 0 Å². The molecule has 3 aromatic rings. The van der Waals surface area contributed by atoms with Crippen LogP contribution in [0.25, 0.3) is 10.6 Å². The number of amides is 1. The average molecular weight is 391 g/mol. The van der Waals surface area contributed by atoms with Gasteiger partial charge < -0.3 is 10.1 Å². The van der Waals surface area contributed by atoms with Crippen LogP contribution in [0.3, 0.4) is 0 Å². The maximum atomic E-state index is 13.0. The molecule has 134 valence electrons. The zero-order valence-electron chi connectivity index (χ0n) is 14.0. The number of hydrogen-bond donors (Lipinski definition) is 1. The second-order valence-electron chi connectivity index (χ2n) is 5.50. The number of methoxy groups -OCH3 is 1. The molecule has 0 aliphatic carbocycles. The van der Waals surface area contributed by atoms with Crippen molar-refractivity contribution < 1.29 is 13.9 Å². The van der Waals surface area contributed by atoms with Crippen molar-refractivity contribution in [1.29, 1.82) is 0 Å². The lowest BCUT2D eigenvalue weighted by atomic mass is 10.2. The summed E-state index contributed by atoms with van der Waals surface area (Å²) < 4.78 is 18.2. The monoisotopic (exact) mass is 390 g/mol. The topological polar surface area (TPSA) is 51.2 Å². The predicted molar refractivity (Wildman–Crippen MR) is 102 cm³/mol. The van der Waals surface area contributed by atoms with Crippen molar-refractivity contribution in [2.24, 2.45) is 0 Å². The van der Waals surface area contributed by atoms with Crippen LogP contribution < -0.4 is 10.1 Å². The van der Waals surface area contributed by atoms with Gasteiger partial charge in [-0.05, 0) is 42.5 Å². The van der Waals surface area contributed by atoms with Gasteiger partial charge in [-0.25, -0.2) is 9.37 Å². The maximum absolute atomic E-state index is 13.0. The highest BCUT2D eigenvalue weighted by molar-refractivity contribution is 7.13. The number of thiazole rings is 1. The van der Waals surface area contributed by atoms with Gasteiger partial charge in [0, 0.05) is 28.9 Å². The molecule has 0 unspecified atom stereocenters. The van der Waals surface area contributed by atoms with E-state index in [9.17, 15) is 9.18 Å². The number of nitrogens with zero attached hydrogens (tertiary/aromatic N) is 1. The Morgan fingerprint density at radius 1 is 1.27 bits per heavy atom. The van der Waals surface area contributed by atoms with Gasteiger partial charge in [0.15, 0.2) is 0 Å². The lowest BCUT2D eigenvalue weighted by Gasteiger charge is -2.09. The zero-order chi connectivity index (χ0) is 18.5. The second kappa shape index (κ2) is 8.29. The number of rotatable bonds is 6. The molecule has 0 radical (unpaired) electrons. The number of aromatic nitrogens is 1. The summed E-state index contributed by atoms with van der Waals surface area (Å²) in [5, 5.41) is 6.07. The average Bonchev–Trinajstić information content (AvgIpc) is 3.11. The number of hydrogen-bond acceptors (Lipinski definition) is 4. The Morgan fingerprint density at radius 3 is 2.77 bits per heavy atom. The number of benzene rings is 2. The smallest absolute Gasteiger partial charge is 0.255 e. The van der Waals surface area contributed by atoms with E-state index in [0.717, 1.165) is 16.3 Å². The van der Waals surface area contributed by atoms with Crippen LogP contribution in [0.1, 0.15) is 16.1 Å². The van der Waals surface area contributed by atoms with Gasteiger partial charge >= 0.3 is 0 Å². The molecule has 0 saturated carbocycles. The molecular weight excluding hydrogens is 375 g/mol. The molecule has 4 nitrogen and oxygen atoms in total. The number of carbonyl (C=O) groups is 1. The fraction of sp³-hybridized carbons (Fsp3) is 0.158. The molecule has 2 aromatic carbocycles. The van der Waals surface area contributed by atoms with Gasteiger partial charge in [0.25, 0.3) is 5.91 Å². The number of carbonyl (C=O) groups excluding carboxylic acids is 1. The van der Waals surface area contributed by atoms with E-state index < -0.39 is 0 Å². The molecule has 3 rings (SSSR count). The molecule has 1 aromatic heterocycles. The molecule has 1 heterocycles. The highest BCUT2D eigenvalue weighted by Gasteiger charge is 2.13. The highest BCUT2D eigenvalue weighted by Crippen LogP contribution is 2.24. The molecule has 1 N–H and O–H groups in total. The molecule has 7 heteroatoms. The van der Waals surface area contributed by atoms with E-state index in [1.165, 1.54) is 30.6 Å². The van der Waals surface area contributed by atoms with Crippen molar-refractivity contribution in [2.45, 2.75) is 6.42 Å². The Bertz CT molecular complexity index is 912. The Balaban J connectivity index is 1.59. The maximum Gasteiger partial charge on any atom is 0.255 e. The number of nitrogens with one attached hydrogen (secondary N) is 1. The van der Waals surface area contributed by atoms with E-state index in [2.05, 4.69) is 10.3 Å². The predicted octanol–water partition coefficient (Wildman–Crippen LogP) is 4.58. The van der Waals surface area contributed by atoms with Crippen LogP contribution in [0.2, 0.25) is 5.02 Å². The molecule has 0 fully saturated rings. The fourth-order valence-corrected chi connectivity index (χ4v) is 3.44. The van der Waals surface area contributed by atoms with E-state index in [-0.39, 0.29) is 11.7 Å². The van der Waals surface area contributed by atoms with Crippen LogP contribution >= 0.6 is 22.9 Å². The molecule has 0 aliphatic heterocycles. The third-order valence-corrected chi connectivity index (χ3v) is 4.89. The third kappa shape index (κ3) is 4.39. The minimum atomic E-state index is -0.273. The van der Waals surface area contributed by atoms with Gasteiger partial charge in [0.2, 0.25) is 0 Å². The minimum Gasteiger partial charge on any atom is -0.496 e. The van der Waals surface area contributed by atoms with Crippen LogP contribution in [-0.4, -0.2) is 24.5 Å². The van der Waals surface area contributed by atoms with Crippen LogP contribution in [0.15, 0.2) is 47.8 Å². The molecule has 0 bridgehead atoms. The summed E-state index contributed by atoms with van der Waals surface area (Å²) in [4.78, 5) is 16.8. The van der Waals surface area contributed by atoms with Crippen molar-refractivity contribution >= 4 is 28.8 Å². The molecular formula is C19H16ClFN2O2S. The molecule has 1 amide bonds. The first-order valence-corrected chi connectivity index (χ1v) is 9.14. The van der Waals surface area contributed by atoms with Crippen LogP contribution in [0.5, 0.6) is 5.75 Å². The van der Waals surface area contributed by atoms with E-state index in [1.807, 2.05) is 5.38 Å². The Kier molecular flexibility index (Phi) is 5.85. The summed E-state index contributed by atoms with van der Waals surface area (Å²) in [5.41, 5.74) is 2.13. The molecule has 0 aliphatic rings. The summed E-state index contributed by atoms with van der Waals surface area (Å²) in [7, 11) is 1.51. The molecule has 0 saturated heterocycles. The van der Waals surface area contributed by atoms with Gasteiger partial charge in [0.05, 0.1) is 18.4 Å². The summed E-state index contributed by atoms with van der Waals surface area (Å²) in [6.45, 7) is 0.432. The lowest BCUT2D eigenvalue weighted by Crippen LogP contribution is -2.26. The van der Waals surface area contributed by atoms with Crippen LogP contribution in [0, 0.1) is 5.82 Å². The van der Waals surface area contributed by atoms with Crippen molar-refractivity contribution in [3.05, 3.63) is 69.9 Å². The quantitative estimate of drug-likeness (QED) is 0.670. The van der Waals surface area contributed by atoms with Gasteiger partial charge in [0.1, 0.15) is 16.6 Å². The van der Waals surface area contributed by atoms with Crippen LogP contribution in [-0.2, 0) is 6.42 Å². The third-order valence-electron chi connectivity index (χ3n) is 3.72. The Morgan fingerprint density at radius 2 is 2.04 bits per heavy atom. The first kappa shape index (κ1) is 18.4. The van der Waals surface area contributed by atoms with E-state index in [1.54, 1.807) is 30.3 Å². The summed E-state index contributed by atoms with van der Waals surface area (Å²) >= 11 is 7.44. The van der Waals surface area contributed by atoms with E-state index in [4.69, 9.17) is 16.3 Å². The largest absolute Gasteiger partial charge is 0.496 e. The van der Waals surface area contributed by atoms with E-state index >= 15 is 0 Å². The SMILES string of the molecule is COc1ccc(Cl)cc1C(=O)NCCc1csc(-c2ccc(F)cc2)n1. The van der Waals surface area contributed by atoms with Gasteiger partial charge in [-0.15, -0.1) is 11.3 Å². The van der Waals surface area contributed by atoms with Crippen molar-refractivity contribution in [2.75, 3.05) is 13.7 Å². The summed E-state index contributed by atoms with van der Waals surface area (Å²) in [6, 6.07) is 11.1. The molecule has 0 spiro atoms. The van der Waals surface area contributed by atoms with Crippen LogP contribution in [0.4, 0.5) is 4.39 Å². The molecule has 26 heavy (non-hydrogen) atoms. The number of ether oxygens (including phenoxy) is 1. The van der Waals surface area contributed by atoms with Gasteiger partial charge in [-0.3, -0.25) is 4.79 Å². The highest BCUT2D eigenvalue weighted by atomic mass is 35.5. The number of halogens is 2. The second-order valence-corrected chi connectivity index (χ2v) is 6.80. The normalized spacial score (nSPS) is 10.6. The van der Waals surface area contributed by atoms with Crippen molar-refractivity contribution in [1.82, 2.24) is 10.3 Å². The van der Waals surface area contributed by atoms with Crippen molar-refractivity contribution in [3.8, 4) is 16.3 Å². The Hall–Kier alpha value is -2.44.